The fourth-order valence-electron chi connectivity index (χ4n) is 2.04. The van der Waals surface area contributed by atoms with Crippen LogP contribution in [-0.4, -0.2) is 27.3 Å². The first kappa shape index (κ1) is 13.3. The molecule has 0 aliphatic heterocycles. The molecule has 3 rings (SSSR count). The number of hydrogen-bond acceptors (Lipinski definition) is 5. The second-order valence-corrected chi connectivity index (χ2v) is 4.53. The zero-order valence-corrected chi connectivity index (χ0v) is 11.5. The standard InChI is InChI=1S/C15H15N5O/c1-21-12-4-2-3-11(9-12)13(16)15-18-14(19-20-15)10-5-7-17-8-6-10/h2-9,13H,16H2,1H3,(H,18,19,20). The molecule has 3 N–H and O–H groups in total. The maximum absolute atomic E-state index is 6.23. The molecule has 0 aliphatic rings. The molecule has 2 aromatic heterocycles. The molecule has 0 saturated carbocycles. The highest BCUT2D eigenvalue weighted by Crippen LogP contribution is 2.22. The number of aromatic amines is 1. The van der Waals surface area contributed by atoms with Crippen LogP contribution in [0.25, 0.3) is 11.4 Å². The lowest BCUT2D eigenvalue weighted by Crippen LogP contribution is -2.13. The van der Waals surface area contributed by atoms with Gasteiger partial charge in [-0.05, 0) is 29.8 Å². The number of aromatic nitrogens is 4. The number of ether oxygens (including phenoxy) is 1. The average Bonchev–Trinajstić information content (AvgIpc) is 3.05. The largest absolute Gasteiger partial charge is 0.497 e. The van der Waals surface area contributed by atoms with Crippen molar-refractivity contribution in [3.05, 3.63) is 60.2 Å². The molecule has 106 valence electrons. The van der Waals surface area contributed by atoms with Gasteiger partial charge < -0.3 is 10.5 Å². The average molecular weight is 281 g/mol. The molecule has 2 heterocycles. The molecular weight excluding hydrogens is 266 g/mol. The van der Waals surface area contributed by atoms with Crippen LogP contribution in [0.2, 0.25) is 0 Å². The van der Waals surface area contributed by atoms with E-state index in [2.05, 4.69) is 20.2 Å². The number of hydrogen-bond donors (Lipinski definition) is 2. The Bertz CT molecular complexity index is 726. The van der Waals surface area contributed by atoms with Gasteiger partial charge in [-0.3, -0.25) is 10.1 Å². The van der Waals surface area contributed by atoms with Crippen molar-refractivity contribution in [2.75, 3.05) is 7.11 Å². The second-order valence-electron chi connectivity index (χ2n) is 4.53. The molecule has 0 saturated heterocycles. The summed E-state index contributed by atoms with van der Waals surface area (Å²) in [5.41, 5.74) is 8.03. The lowest BCUT2D eigenvalue weighted by molar-refractivity contribution is 0.414. The van der Waals surface area contributed by atoms with Gasteiger partial charge in [-0.15, -0.1) is 0 Å². The highest BCUT2D eigenvalue weighted by Gasteiger charge is 2.15. The molecular formula is C15H15N5O. The third kappa shape index (κ3) is 2.75. The van der Waals surface area contributed by atoms with Gasteiger partial charge in [0.1, 0.15) is 11.6 Å². The Hall–Kier alpha value is -2.73. The number of rotatable bonds is 4. The predicted octanol–water partition coefficient (Wildman–Crippen LogP) is 1.92. The van der Waals surface area contributed by atoms with Crippen molar-refractivity contribution in [2.24, 2.45) is 5.73 Å². The molecule has 0 radical (unpaired) electrons. The topological polar surface area (TPSA) is 89.7 Å². The SMILES string of the molecule is COc1cccc(C(N)c2nc(-c3ccncc3)n[nH]2)c1. The van der Waals surface area contributed by atoms with Crippen LogP contribution in [0.4, 0.5) is 0 Å². The molecule has 0 spiro atoms. The Kier molecular flexibility index (Phi) is 3.61. The van der Waals surface area contributed by atoms with E-state index in [-0.39, 0.29) is 6.04 Å². The first-order valence-corrected chi connectivity index (χ1v) is 6.50. The van der Waals surface area contributed by atoms with Crippen molar-refractivity contribution in [3.8, 4) is 17.1 Å². The summed E-state index contributed by atoms with van der Waals surface area (Å²) in [6.07, 6.45) is 3.40. The van der Waals surface area contributed by atoms with Crippen LogP contribution in [0, 0.1) is 0 Å². The van der Waals surface area contributed by atoms with Crippen LogP contribution in [0.5, 0.6) is 5.75 Å². The summed E-state index contributed by atoms with van der Waals surface area (Å²) in [7, 11) is 1.63. The van der Waals surface area contributed by atoms with Crippen LogP contribution in [0.1, 0.15) is 17.4 Å². The van der Waals surface area contributed by atoms with Gasteiger partial charge in [0.2, 0.25) is 0 Å². The first-order chi connectivity index (χ1) is 10.3. The van der Waals surface area contributed by atoms with E-state index in [1.54, 1.807) is 19.5 Å². The Morgan fingerprint density at radius 1 is 1.19 bits per heavy atom. The molecule has 3 aromatic rings. The molecule has 0 amide bonds. The van der Waals surface area contributed by atoms with Crippen molar-refractivity contribution in [2.45, 2.75) is 6.04 Å². The Labute approximate surface area is 122 Å². The number of benzene rings is 1. The normalized spacial score (nSPS) is 12.1. The maximum Gasteiger partial charge on any atom is 0.181 e. The van der Waals surface area contributed by atoms with E-state index < -0.39 is 0 Å². The van der Waals surface area contributed by atoms with Crippen molar-refractivity contribution in [1.82, 2.24) is 20.2 Å². The second kappa shape index (κ2) is 5.72. The zero-order valence-electron chi connectivity index (χ0n) is 11.5. The Morgan fingerprint density at radius 2 is 2.00 bits per heavy atom. The highest BCUT2D eigenvalue weighted by atomic mass is 16.5. The van der Waals surface area contributed by atoms with Gasteiger partial charge in [-0.2, -0.15) is 5.10 Å². The first-order valence-electron chi connectivity index (χ1n) is 6.50. The van der Waals surface area contributed by atoms with Crippen LogP contribution >= 0.6 is 0 Å². The van der Waals surface area contributed by atoms with Gasteiger partial charge in [0.05, 0.1) is 13.2 Å². The summed E-state index contributed by atoms with van der Waals surface area (Å²) >= 11 is 0. The maximum atomic E-state index is 6.23. The van der Waals surface area contributed by atoms with Crippen molar-refractivity contribution < 1.29 is 4.74 Å². The summed E-state index contributed by atoms with van der Waals surface area (Å²) in [5.74, 6) is 1.97. The van der Waals surface area contributed by atoms with E-state index in [0.717, 1.165) is 16.9 Å². The quantitative estimate of drug-likeness (QED) is 0.762. The van der Waals surface area contributed by atoms with Crippen molar-refractivity contribution in [1.29, 1.82) is 0 Å². The van der Waals surface area contributed by atoms with E-state index >= 15 is 0 Å². The highest BCUT2D eigenvalue weighted by molar-refractivity contribution is 5.53. The van der Waals surface area contributed by atoms with Gasteiger partial charge in [0.25, 0.3) is 0 Å². The van der Waals surface area contributed by atoms with E-state index in [4.69, 9.17) is 10.5 Å². The molecule has 6 nitrogen and oxygen atoms in total. The van der Waals surface area contributed by atoms with Crippen LogP contribution in [0.3, 0.4) is 0 Å². The number of methoxy groups -OCH3 is 1. The minimum atomic E-state index is -0.386. The van der Waals surface area contributed by atoms with Crippen LogP contribution < -0.4 is 10.5 Å². The summed E-state index contributed by atoms with van der Waals surface area (Å²) in [6.45, 7) is 0. The lowest BCUT2D eigenvalue weighted by atomic mass is 10.1. The predicted molar refractivity (Wildman–Crippen MR) is 78.6 cm³/mol. The third-order valence-electron chi connectivity index (χ3n) is 3.19. The number of nitrogens with two attached hydrogens (primary N) is 1. The fourth-order valence-corrected chi connectivity index (χ4v) is 2.04. The van der Waals surface area contributed by atoms with Crippen LogP contribution in [0.15, 0.2) is 48.8 Å². The molecule has 6 heteroatoms. The fraction of sp³-hybridized carbons (Fsp3) is 0.133. The Morgan fingerprint density at radius 3 is 2.76 bits per heavy atom. The number of H-pyrrole nitrogens is 1. The van der Waals surface area contributed by atoms with Gasteiger partial charge >= 0.3 is 0 Å². The van der Waals surface area contributed by atoms with E-state index in [0.29, 0.717) is 11.6 Å². The van der Waals surface area contributed by atoms with Crippen LogP contribution in [-0.2, 0) is 0 Å². The summed E-state index contributed by atoms with van der Waals surface area (Å²) < 4.78 is 5.21. The molecule has 21 heavy (non-hydrogen) atoms. The summed E-state index contributed by atoms with van der Waals surface area (Å²) in [5, 5.41) is 7.09. The molecule has 1 atom stereocenters. The van der Waals surface area contributed by atoms with Gasteiger partial charge in [0.15, 0.2) is 5.82 Å². The monoisotopic (exact) mass is 281 g/mol. The number of nitrogens with zero attached hydrogens (tertiary/aromatic N) is 3. The molecule has 0 bridgehead atoms. The van der Waals surface area contributed by atoms with Gasteiger partial charge in [0, 0.05) is 18.0 Å². The lowest BCUT2D eigenvalue weighted by Gasteiger charge is -2.09. The molecule has 1 aromatic carbocycles. The zero-order chi connectivity index (χ0) is 14.7. The van der Waals surface area contributed by atoms with E-state index in [1.807, 2.05) is 36.4 Å². The molecule has 1 unspecified atom stereocenters. The Balaban J connectivity index is 1.88. The van der Waals surface area contributed by atoms with E-state index in [9.17, 15) is 0 Å². The summed E-state index contributed by atoms with van der Waals surface area (Å²) in [4.78, 5) is 8.43. The summed E-state index contributed by atoms with van der Waals surface area (Å²) in [6, 6.07) is 10.9. The van der Waals surface area contributed by atoms with Gasteiger partial charge in [-0.1, -0.05) is 12.1 Å². The smallest absolute Gasteiger partial charge is 0.181 e. The minimum Gasteiger partial charge on any atom is -0.497 e. The van der Waals surface area contributed by atoms with E-state index in [1.165, 1.54) is 0 Å². The number of nitrogens with one attached hydrogen (secondary N) is 1. The number of pyridine rings is 1. The minimum absolute atomic E-state index is 0.386. The molecule has 0 aliphatic carbocycles. The van der Waals surface area contributed by atoms with Gasteiger partial charge in [-0.25, -0.2) is 4.98 Å². The van der Waals surface area contributed by atoms with Crippen molar-refractivity contribution in [3.63, 3.8) is 0 Å². The third-order valence-corrected chi connectivity index (χ3v) is 3.19. The van der Waals surface area contributed by atoms with Crippen molar-refractivity contribution >= 4 is 0 Å². The molecule has 0 fully saturated rings.